The van der Waals surface area contributed by atoms with Crippen molar-refractivity contribution in [2.45, 2.75) is 23.8 Å². The van der Waals surface area contributed by atoms with Crippen molar-refractivity contribution in [3.8, 4) is 0 Å². The van der Waals surface area contributed by atoms with Crippen LogP contribution in [0, 0.1) is 11.6 Å². The number of esters is 1. The number of carbonyl (C=O) groups excluding carboxylic acids is 2. The zero-order chi connectivity index (χ0) is 19.8. The fourth-order valence-electron chi connectivity index (χ4n) is 3.16. The number of halogens is 2. The maximum atomic E-state index is 14.7. The Balaban J connectivity index is 1.98. The van der Waals surface area contributed by atoms with Gasteiger partial charge in [0.2, 0.25) is 15.9 Å². The summed E-state index contributed by atoms with van der Waals surface area (Å²) >= 11 is 1.23. The number of likely N-dealkylation sites (tertiary alicyclic amines) is 1. The van der Waals surface area contributed by atoms with Crippen LogP contribution in [0.5, 0.6) is 0 Å². The number of hydrogen-bond acceptors (Lipinski definition) is 6. The number of thioether (sulfide) groups is 1. The van der Waals surface area contributed by atoms with Crippen molar-refractivity contribution >= 4 is 33.7 Å². The highest BCUT2D eigenvalue weighted by Gasteiger charge is 2.43. The van der Waals surface area contributed by atoms with E-state index in [4.69, 9.17) is 0 Å². The van der Waals surface area contributed by atoms with E-state index in [-0.39, 0.29) is 17.5 Å². The molecule has 1 amide bonds. The van der Waals surface area contributed by atoms with E-state index >= 15 is 0 Å². The highest BCUT2D eigenvalue weighted by atomic mass is 32.2. The summed E-state index contributed by atoms with van der Waals surface area (Å²) in [6, 6.07) is 0.499. The maximum absolute atomic E-state index is 14.7. The first kappa shape index (κ1) is 20.0. The summed E-state index contributed by atoms with van der Waals surface area (Å²) in [4.78, 5) is 25.0. The Morgan fingerprint density at radius 1 is 1.22 bits per heavy atom. The van der Waals surface area contributed by atoms with Crippen LogP contribution in [0.1, 0.15) is 23.2 Å². The molecule has 0 aromatic heterocycles. The molecule has 7 nitrogen and oxygen atoms in total. The number of nitrogens with zero attached hydrogens (tertiary/aromatic N) is 2. The van der Waals surface area contributed by atoms with Gasteiger partial charge in [-0.25, -0.2) is 22.0 Å². The zero-order valence-corrected chi connectivity index (χ0v) is 16.1. The van der Waals surface area contributed by atoms with Gasteiger partial charge in [-0.1, -0.05) is 0 Å². The van der Waals surface area contributed by atoms with E-state index in [1.807, 2.05) is 0 Å². The lowest BCUT2D eigenvalue weighted by molar-refractivity contribution is -0.133. The van der Waals surface area contributed by atoms with Crippen LogP contribution in [0.15, 0.2) is 17.0 Å². The molecule has 0 bridgehead atoms. The van der Waals surface area contributed by atoms with E-state index in [1.165, 1.54) is 11.8 Å². The first-order valence-corrected chi connectivity index (χ1v) is 10.8. The molecule has 0 radical (unpaired) electrons. The van der Waals surface area contributed by atoms with Gasteiger partial charge in [0.05, 0.1) is 13.0 Å². The van der Waals surface area contributed by atoms with Crippen LogP contribution < -0.4 is 0 Å². The lowest BCUT2D eigenvalue weighted by Crippen LogP contribution is -2.48. The van der Waals surface area contributed by atoms with Crippen molar-refractivity contribution in [1.29, 1.82) is 0 Å². The van der Waals surface area contributed by atoms with Crippen LogP contribution in [0.4, 0.5) is 8.78 Å². The first-order valence-electron chi connectivity index (χ1n) is 8.23. The third kappa shape index (κ3) is 3.55. The van der Waals surface area contributed by atoms with E-state index in [2.05, 4.69) is 4.74 Å². The van der Waals surface area contributed by atoms with Gasteiger partial charge >= 0.3 is 5.97 Å². The number of sulfonamides is 1. The SMILES string of the molecule is COC(=O)c1c(F)ccc(S(=O)(=O)N2CSCC2C(=O)N2CCCC2)c1F. The van der Waals surface area contributed by atoms with Crippen LogP contribution in [-0.2, 0) is 19.6 Å². The Morgan fingerprint density at radius 2 is 1.89 bits per heavy atom. The lowest BCUT2D eigenvalue weighted by Gasteiger charge is -2.26. The summed E-state index contributed by atoms with van der Waals surface area (Å²) in [6.45, 7) is 1.12. The molecule has 0 spiro atoms. The average molecular weight is 420 g/mol. The predicted octanol–water partition coefficient (Wildman–Crippen LogP) is 1.44. The molecule has 3 rings (SSSR count). The highest BCUT2D eigenvalue weighted by molar-refractivity contribution is 8.00. The standard InChI is InChI=1S/C16H18F2N2O5S2/c1-25-16(22)13-10(17)4-5-12(14(13)18)27(23,24)20-9-26-8-11(20)15(21)19-6-2-3-7-19/h4-5,11H,2-3,6-9H2,1H3. The normalized spacial score (nSPS) is 20.9. The van der Waals surface area contributed by atoms with Gasteiger partial charge in [0.15, 0.2) is 5.82 Å². The average Bonchev–Trinajstić information content (AvgIpc) is 3.32. The molecule has 2 fully saturated rings. The molecule has 2 saturated heterocycles. The second kappa shape index (κ2) is 7.72. The molecule has 11 heteroatoms. The minimum Gasteiger partial charge on any atom is -0.465 e. The summed E-state index contributed by atoms with van der Waals surface area (Å²) < 4.78 is 59.7. The van der Waals surface area contributed by atoms with Crippen LogP contribution >= 0.6 is 11.8 Å². The molecule has 2 aliphatic heterocycles. The lowest BCUT2D eigenvalue weighted by atomic mass is 10.2. The quantitative estimate of drug-likeness (QED) is 0.686. The Kier molecular flexibility index (Phi) is 5.73. The molecule has 1 aromatic carbocycles. The number of amides is 1. The Bertz CT molecular complexity index is 872. The number of benzene rings is 1. The molecule has 2 aliphatic rings. The maximum Gasteiger partial charge on any atom is 0.343 e. The number of carbonyl (C=O) groups is 2. The van der Waals surface area contributed by atoms with Gasteiger partial charge in [0.1, 0.15) is 22.3 Å². The van der Waals surface area contributed by atoms with E-state index in [0.29, 0.717) is 19.2 Å². The summed E-state index contributed by atoms with van der Waals surface area (Å²) in [5, 5.41) is 0. The van der Waals surface area contributed by atoms with E-state index in [1.54, 1.807) is 4.90 Å². The van der Waals surface area contributed by atoms with Gasteiger partial charge in [-0.05, 0) is 25.0 Å². The smallest absolute Gasteiger partial charge is 0.343 e. The van der Waals surface area contributed by atoms with Gasteiger partial charge in [-0.2, -0.15) is 4.31 Å². The van der Waals surface area contributed by atoms with Gasteiger partial charge in [-0.15, -0.1) is 11.8 Å². The van der Waals surface area contributed by atoms with E-state index in [9.17, 15) is 26.8 Å². The highest BCUT2D eigenvalue weighted by Crippen LogP contribution is 2.32. The molecule has 0 N–H and O–H groups in total. The predicted molar refractivity (Wildman–Crippen MR) is 93.6 cm³/mol. The molecule has 0 saturated carbocycles. The Labute approximate surface area is 159 Å². The summed E-state index contributed by atoms with van der Waals surface area (Å²) in [6.07, 6.45) is 1.71. The minimum atomic E-state index is -4.46. The van der Waals surface area contributed by atoms with Gasteiger partial charge in [0.25, 0.3) is 0 Å². The van der Waals surface area contributed by atoms with Crippen LogP contribution in [-0.4, -0.2) is 67.4 Å². The molecule has 0 aliphatic carbocycles. The van der Waals surface area contributed by atoms with Crippen molar-refractivity contribution < 1.29 is 31.5 Å². The molecule has 148 valence electrons. The number of methoxy groups -OCH3 is 1. The summed E-state index contributed by atoms with van der Waals surface area (Å²) in [5.74, 6) is -4.16. The summed E-state index contributed by atoms with van der Waals surface area (Å²) in [7, 11) is -3.52. The second-order valence-corrected chi connectivity index (χ2v) is 9.03. The fraction of sp³-hybridized carbons (Fsp3) is 0.500. The molecule has 1 atom stereocenters. The van der Waals surface area contributed by atoms with E-state index < -0.39 is 44.1 Å². The van der Waals surface area contributed by atoms with Crippen molar-refractivity contribution in [3.05, 3.63) is 29.3 Å². The van der Waals surface area contributed by atoms with Crippen molar-refractivity contribution in [2.24, 2.45) is 0 Å². The van der Waals surface area contributed by atoms with E-state index in [0.717, 1.165) is 30.3 Å². The largest absolute Gasteiger partial charge is 0.465 e. The second-order valence-electron chi connectivity index (χ2n) is 6.17. The van der Waals surface area contributed by atoms with Crippen molar-refractivity contribution in [2.75, 3.05) is 31.8 Å². The fourth-order valence-corrected chi connectivity index (χ4v) is 6.36. The number of rotatable bonds is 4. The molecular weight excluding hydrogens is 402 g/mol. The van der Waals surface area contributed by atoms with Gasteiger partial charge in [0, 0.05) is 18.8 Å². The van der Waals surface area contributed by atoms with Crippen molar-refractivity contribution in [1.82, 2.24) is 9.21 Å². The molecule has 27 heavy (non-hydrogen) atoms. The monoisotopic (exact) mass is 420 g/mol. The van der Waals surface area contributed by atoms with Crippen LogP contribution in [0.2, 0.25) is 0 Å². The molecule has 1 aromatic rings. The third-order valence-electron chi connectivity index (χ3n) is 4.58. The molecule has 1 unspecified atom stereocenters. The molecule has 2 heterocycles. The topological polar surface area (TPSA) is 84.0 Å². The van der Waals surface area contributed by atoms with Crippen LogP contribution in [0.3, 0.4) is 0 Å². The number of hydrogen-bond donors (Lipinski definition) is 0. The third-order valence-corrected chi connectivity index (χ3v) is 7.62. The van der Waals surface area contributed by atoms with Crippen molar-refractivity contribution in [3.63, 3.8) is 0 Å². The minimum absolute atomic E-state index is 0.0308. The zero-order valence-electron chi connectivity index (χ0n) is 14.5. The van der Waals surface area contributed by atoms with Gasteiger partial charge < -0.3 is 9.64 Å². The Hall–Kier alpha value is -1.72. The first-order chi connectivity index (χ1) is 12.8. The molecular formula is C16H18F2N2O5S2. The van der Waals surface area contributed by atoms with Gasteiger partial charge in [-0.3, -0.25) is 4.79 Å². The van der Waals surface area contributed by atoms with Crippen LogP contribution in [0.25, 0.3) is 0 Å². The number of ether oxygens (including phenoxy) is 1. The summed E-state index contributed by atoms with van der Waals surface area (Å²) in [5.41, 5.74) is -1.08. The Morgan fingerprint density at radius 3 is 2.52 bits per heavy atom.